The van der Waals surface area contributed by atoms with Crippen LogP contribution in [0.3, 0.4) is 0 Å². The summed E-state index contributed by atoms with van der Waals surface area (Å²) in [5.41, 5.74) is -2.03. The number of aliphatic hydroxyl groups excluding tert-OH is 2. The first-order valence-electron chi connectivity index (χ1n) is 10.8. The van der Waals surface area contributed by atoms with E-state index in [1.54, 1.807) is 46.0 Å². The third kappa shape index (κ3) is 2.96. The van der Waals surface area contributed by atoms with E-state index in [0.717, 1.165) is 4.90 Å². The number of aliphatic hydroxyl groups is 2. The summed E-state index contributed by atoms with van der Waals surface area (Å²) in [5.74, 6) is 0. The SMILES string of the molecule is CC(C)N(C(=O)O)C1(CO)C(CO)=C2CCCN2C1(c1cccnc1)N(C(=O)O)C(C)C. The molecule has 3 heterocycles. The second-order valence-corrected chi connectivity index (χ2v) is 8.76. The molecule has 0 spiro atoms. The molecule has 1 aromatic rings. The van der Waals surface area contributed by atoms with E-state index in [-0.39, 0.29) is 0 Å². The Hall–Kier alpha value is -2.85. The number of hydrogen-bond donors (Lipinski definition) is 4. The minimum absolute atomic E-state index is 0.323. The van der Waals surface area contributed by atoms with E-state index < -0.39 is 48.7 Å². The van der Waals surface area contributed by atoms with Crippen LogP contribution in [0.4, 0.5) is 9.59 Å². The Morgan fingerprint density at radius 1 is 1.12 bits per heavy atom. The molecule has 2 unspecified atom stereocenters. The molecule has 2 aliphatic rings. The van der Waals surface area contributed by atoms with E-state index in [1.165, 1.54) is 11.1 Å². The van der Waals surface area contributed by atoms with Gasteiger partial charge in [-0.25, -0.2) is 9.59 Å². The lowest BCUT2D eigenvalue weighted by Gasteiger charge is -2.59. The molecule has 1 saturated heterocycles. The molecule has 1 aromatic heterocycles. The van der Waals surface area contributed by atoms with Gasteiger partial charge < -0.3 is 25.3 Å². The van der Waals surface area contributed by atoms with Crippen molar-refractivity contribution in [1.29, 1.82) is 0 Å². The zero-order valence-electron chi connectivity index (χ0n) is 18.9. The average molecular weight is 449 g/mol. The number of fused-ring (bicyclic) bond motifs is 1. The summed E-state index contributed by atoms with van der Waals surface area (Å²) in [4.78, 5) is 33.8. The monoisotopic (exact) mass is 448 g/mol. The van der Waals surface area contributed by atoms with Crippen molar-refractivity contribution in [3.8, 4) is 0 Å². The molecular formula is C22H32N4O6. The highest BCUT2D eigenvalue weighted by Gasteiger charge is 2.72. The molecule has 2 amide bonds. The van der Waals surface area contributed by atoms with E-state index in [0.29, 0.717) is 36.2 Å². The molecule has 32 heavy (non-hydrogen) atoms. The lowest BCUT2D eigenvalue weighted by Crippen LogP contribution is -2.77. The number of carbonyl (C=O) groups is 2. The molecule has 2 atom stereocenters. The highest BCUT2D eigenvalue weighted by atomic mass is 16.4. The minimum Gasteiger partial charge on any atom is -0.465 e. The average Bonchev–Trinajstić information content (AvgIpc) is 3.27. The smallest absolute Gasteiger partial charge is 0.409 e. The first kappa shape index (κ1) is 23.8. The number of allylic oxidation sites excluding steroid dienone is 1. The summed E-state index contributed by atoms with van der Waals surface area (Å²) in [6.07, 6.45) is 1.74. The fourth-order valence-corrected chi connectivity index (χ4v) is 5.82. The Morgan fingerprint density at radius 3 is 2.19 bits per heavy atom. The van der Waals surface area contributed by atoms with Gasteiger partial charge in [-0.05, 0) is 46.6 Å². The number of carboxylic acid groups (broad SMARTS) is 2. The molecule has 3 rings (SSSR count). The first-order chi connectivity index (χ1) is 15.1. The van der Waals surface area contributed by atoms with Crippen molar-refractivity contribution in [2.24, 2.45) is 0 Å². The number of rotatable bonds is 7. The van der Waals surface area contributed by atoms with E-state index >= 15 is 0 Å². The van der Waals surface area contributed by atoms with E-state index in [4.69, 9.17) is 0 Å². The Balaban J connectivity index is 2.57. The molecule has 10 heteroatoms. The molecular weight excluding hydrogens is 416 g/mol. The molecule has 176 valence electrons. The minimum atomic E-state index is -1.79. The number of amides is 2. The van der Waals surface area contributed by atoms with Crippen LogP contribution in [0.25, 0.3) is 0 Å². The molecule has 2 aliphatic heterocycles. The van der Waals surface area contributed by atoms with Gasteiger partial charge in [0, 0.05) is 47.9 Å². The van der Waals surface area contributed by atoms with Gasteiger partial charge >= 0.3 is 12.2 Å². The largest absolute Gasteiger partial charge is 0.465 e. The fraction of sp³-hybridized carbons (Fsp3) is 0.591. The summed E-state index contributed by atoms with van der Waals surface area (Å²) in [7, 11) is 0. The van der Waals surface area contributed by atoms with Crippen LogP contribution in [0.5, 0.6) is 0 Å². The van der Waals surface area contributed by atoms with Crippen molar-refractivity contribution in [2.75, 3.05) is 19.8 Å². The second-order valence-electron chi connectivity index (χ2n) is 8.76. The van der Waals surface area contributed by atoms with Gasteiger partial charge in [-0.1, -0.05) is 6.07 Å². The van der Waals surface area contributed by atoms with Crippen LogP contribution >= 0.6 is 0 Å². The topological polar surface area (TPSA) is 138 Å². The maximum atomic E-state index is 12.8. The summed E-state index contributed by atoms with van der Waals surface area (Å²) >= 11 is 0. The van der Waals surface area contributed by atoms with Gasteiger partial charge in [0.1, 0.15) is 5.54 Å². The number of hydrogen-bond acceptors (Lipinski definition) is 6. The number of pyridine rings is 1. The summed E-state index contributed by atoms with van der Waals surface area (Å²) in [6.45, 7) is 5.96. The van der Waals surface area contributed by atoms with Gasteiger partial charge in [0.2, 0.25) is 0 Å². The molecule has 1 fully saturated rings. The molecule has 0 bridgehead atoms. The highest BCUT2D eigenvalue weighted by molar-refractivity contribution is 5.73. The predicted molar refractivity (Wildman–Crippen MR) is 116 cm³/mol. The van der Waals surface area contributed by atoms with Crippen molar-refractivity contribution < 1.29 is 30.0 Å². The van der Waals surface area contributed by atoms with Gasteiger partial charge in [0.15, 0.2) is 5.66 Å². The molecule has 10 nitrogen and oxygen atoms in total. The number of aromatic nitrogens is 1. The lowest BCUT2D eigenvalue weighted by atomic mass is 9.72. The van der Waals surface area contributed by atoms with Crippen LogP contribution in [0.2, 0.25) is 0 Å². The zero-order chi connectivity index (χ0) is 23.8. The van der Waals surface area contributed by atoms with Gasteiger partial charge in [-0.15, -0.1) is 0 Å². The summed E-state index contributed by atoms with van der Waals surface area (Å²) < 4.78 is 0. The maximum absolute atomic E-state index is 12.8. The van der Waals surface area contributed by atoms with Crippen molar-refractivity contribution >= 4 is 12.2 Å². The van der Waals surface area contributed by atoms with Crippen molar-refractivity contribution in [2.45, 2.75) is 63.8 Å². The third-order valence-electron chi connectivity index (χ3n) is 6.59. The molecule has 4 N–H and O–H groups in total. The van der Waals surface area contributed by atoms with Gasteiger partial charge in [0.05, 0.1) is 13.2 Å². The van der Waals surface area contributed by atoms with Crippen molar-refractivity contribution in [1.82, 2.24) is 19.7 Å². The van der Waals surface area contributed by atoms with Crippen LogP contribution in [-0.2, 0) is 5.66 Å². The Morgan fingerprint density at radius 2 is 1.75 bits per heavy atom. The fourth-order valence-electron chi connectivity index (χ4n) is 5.82. The van der Waals surface area contributed by atoms with Gasteiger partial charge in [0.25, 0.3) is 0 Å². The van der Waals surface area contributed by atoms with Crippen LogP contribution in [0, 0.1) is 0 Å². The third-order valence-corrected chi connectivity index (χ3v) is 6.59. The Bertz CT molecular complexity index is 905. The Kier molecular flexibility index (Phi) is 6.39. The normalized spacial score (nSPS) is 24.9. The molecule has 0 aliphatic carbocycles. The zero-order valence-corrected chi connectivity index (χ0v) is 18.9. The van der Waals surface area contributed by atoms with E-state index in [9.17, 15) is 30.0 Å². The second kappa shape index (κ2) is 8.59. The van der Waals surface area contributed by atoms with Gasteiger partial charge in [-0.2, -0.15) is 0 Å². The van der Waals surface area contributed by atoms with Crippen molar-refractivity contribution in [3.63, 3.8) is 0 Å². The van der Waals surface area contributed by atoms with Crippen LogP contribution < -0.4 is 0 Å². The standard InChI is InChI=1S/C22H32N4O6/c1-14(2)25(19(29)30)21(13-28)17(12-27)18-8-6-10-24(18)22(21,16-7-5-9-23-11-16)26(15(3)4)20(31)32/h5,7,9,11,14-15,27-28H,6,8,10,12-13H2,1-4H3,(H,29,30)(H,31,32). The predicted octanol–water partition coefficient (Wildman–Crippen LogP) is 2.10. The molecule has 0 radical (unpaired) electrons. The molecule has 0 saturated carbocycles. The Labute approximate surface area is 187 Å². The highest BCUT2D eigenvalue weighted by Crippen LogP contribution is 2.59. The maximum Gasteiger partial charge on any atom is 0.409 e. The van der Waals surface area contributed by atoms with Crippen LogP contribution in [-0.4, -0.2) is 89.7 Å². The van der Waals surface area contributed by atoms with E-state index in [1.807, 2.05) is 4.90 Å². The van der Waals surface area contributed by atoms with Crippen LogP contribution in [0.1, 0.15) is 46.1 Å². The molecule has 0 aromatic carbocycles. The summed E-state index contributed by atoms with van der Waals surface area (Å²) in [5, 5.41) is 42.3. The van der Waals surface area contributed by atoms with Crippen LogP contribution in [0.15, 0.2) is 35.8 Å². The number of nitrogens with zero attached hydrogens (tertiary/aromatic N) is 4. The van der Waals surface area contributed by atoms with Gasteiger partial charge in [-0.3, -0.25) is 14.8 Å². The van der Waals surface area contributed by atoms with Crippen molar-refractivity contribution in [3.05, 3.63) is 41.4 Å². The summed E-state index contributed by atoms with van der Waals surface area (Å²) in [6, 6.07) is 2.15. The van der Waals surface area contributed by atoms with E-state index in [2.05, 4.69) is 4.98 Å². The quantitative estimate of drug-likeness (QED) is 0.498. The first-order valence-corrected chi connectivity index (χ1v) is 10.8. The lowest BCUT2D eigenvalue weighted by molar-refractivity contribution is -0.136.